The van der Waals surface area contributed by atoms with Crippen molar-refractivity contribution in [1.29, 1.82) is 0 Å². The molecule has 4 aromatic rings. The fourth-order valence-electron chi connectivity index (χ4n) is 4.53. The van der Waals surface area contributed by atoms with Crippen LogP contribution in [0.2, 0.25) is 0 Å². The third kappa shape index (κ3) is 4.12. The number of benzene rings is 2. The first kappa shape index (κ1) is 21.4. The van der Waals surface area contributed by atoms with Crippen molar-refractivity contribution in [3.63, 3.8) is 0 Å². The number of para-hydroxylation sites is 2. The highest BCUT2D eigenvalue weighted by Gasteiger charge is 2.56. The molecule has 0 radical (unpaired) electrons. The number of aromatic amines is 1. The minimum atomic E-state index is -0.743. The molecule has 4 heterocycles. The van der Waals surface area contributed by atoms with E-state index in [2.05, 4.69) is 46.5 Å². The van der Waals surface area contributed by atoms with Crippen molar-refractivity contribution in [2.75, 3.05) is 0 Å². The van der Waals surface area contributed by atoms with E-state index in [4.69, 9.17) is 23.9 Å². The summed E-state index contributed by atoms with van der Waals surface area (Å²) in [6.07, 6.45) is 0.112. The summed E-state index contributed by atoms with van der Waals surface area (Å²) in [6, 6.07) is 16.3. The first-order valence-corrected chi connectivity index (χ1v) is 11.5. The van der Waals surface area contributed by atoms with Gasteiger partial charge in [-0.2, -0.15) is 0 Å². The van der Waals surface area contributed by atoms with Gasteiger partial charge in [-0.1, -0.05) is 47.2 Å². The summed E-state index contributed by atoms with van der Waals surface area (Å²) in [5.41, 5.74) is 4.95. The quantitative estimate of drug-likeness (QED) is 0.468. The van der Waals surface area contributed by atoms with Crippen molar-refractivity contribution in [3.8, 4) is 0 Å². The van der Waals surface area contributed by atoms with Gasteiger partial charge in [0.2, 0.25) is 0 Å². The molecule has 1 N–H and O–H groups in total. The zero-order valence-electron chi connectivity index (χ0n) is 19.3. The molecule has 0 bridgehead atoms. The van der Waals surface area contributed by atoms with Gasteiger partial charge in [0.05, 0.1) is 30.4 Å². The number of fused-ring (bicyclic) bond motifs is 2. The van der Waals surface area contributed by atoms with Crippen LogP contribution in [-0.2, 0) is 32.1 Å². The van der Waals surface area contributed by atoms with E-state index in [-0.39, 0.29) is 12.7 Å². The van der Waals surface area contributed by atoms with Gasteiger partial charge in [0, 0.05) is 0 Å². The Bertz CT molecular complexity index is 1270. The van der Waals surface area contributed by atoms with Gasteiger partial charge >= 0.3 is 0 Å². The van der Waals surface area contributed by atoms with Crippen molar-refractivity contribution in [2.24, 2.45) is 0 Å². The second-order valence-electron chi connectivity index (χ2n) is 9.33. The molecule has 2 fully saturated rings. The fourth-order valence-corrected chi connectivity index (χ4v) is 4.53. The minimum Gasteiger partial charge on any atom is -0.366 e. The lowest BCUT2D eigenvalue weighted by Gasteiger charge is -2.24. The van der Waals surface area contributed by atoms with Crippen LogP contribution in [0.1, 0.15) is 42.6 Å². The Balaban J connectivity index is 1.19. The third-order valence-electron chi connectivity index (χ3n) is 6.14. The number of aromatic nitrogens is 5. The Hall–Kier alpha value is -3.11. The molecular weight excluding hydrogens is 434 g/mol. The van der Waals surface area contributed by atoms with Crippen LogP contribution in [0.5, 0.6) is 0 Å². The van der Waals surface area contributed by atoms with Crippen LogP contribution < -0.4 is 0 Å². The highest BCUT2D eigenvalue weighted by molar-refractivity contribution is 5.74. The van der Waals surface area contributed by atoms with Crippen LogP contribution in [0.3, 0.4) is 0 Å². The molecule has 9 heteroatoms. The van der Waals surface area contributed by atoms with Crippen LogP contribution in [0.4, 0.5) is 0 Å². The molecule has 0 saturated carbocycles. The predicted octanol–water partition coefficient (Wildman–Crippen LogP) is 3.65. The predicted molar refractivity (Wildman–Crippen MR) is 123 cm³/mol. The molecule has 4 atom stereocenters. The van der Waals surface area contributed by atoms with Gasteiger partial charge in [-0.3, -0.25) is 0 Å². The molecule has 6 rings (SSSR count). The zero-order valence-corrected chi connectivity index (χ0v) is 19.3. The molecular formula is C25H27N5O4. The van der Waals surface area contributed by atoms with Crippen molar-refractivity contribution in [1.82, 2.24) is 25.0 Å². The molecule has 2 aliphatic rings. The van der Waals surface area contributed by atoms with Crippen molar-refractivity contribution in [2.45, 2.75) is 64.3 Å². The molecule has 2 aromatic carbocycles. The second-order valence-corrected chi connectivity index (χ2v) is 9.33. The van der Waals surface area contributed by atoms with Gasteiger partial charge in [-0.25, -0.2) is 9.67 Å². The number of nitrogens with one attached hydrogen (secondary N) is 1. The normalized spacial score (nSPS) is 25.7. The van der Waals surface area contributed by atoms with Gasteiger partial charge in [0.25, 0.3) is 0 Å². The van der Waals surface area contributed by atoms with Crippen LogP contribution in [0.15, 0.2) is 54.7 Å². The third-order valence-corrected chi connectivity index (χ3v) is 6.14. The Morgan fingerprint density at radius 1 is 1.09 bits per heavy atom. The number of H-pyrrole nitrogens is 1. The summed E-state index contributed by atoms with van der Waals surface area (Å²) in [6.45, 7) is 6.74. The Morgan fingerprint density at radius 2 is 1.91 bits per heavy atom. The fraction of sp³-hybridized carbons (Fsp3) is 0.400. The monoisotopic (exact) mass is 461 g/mol. The molecule has 9 nitrogen and oxygen atoms in total. The number of ether oxygens (including phenoxy) is 4. The SMILES string of the molecule is Cc1ccc(Cn2cc(CO[C@@H]3[C@H]4OC(C)(C)O[C@H]4O[C@@H]3c3nc4ccccc4[nH]3)nn2)cc1. The van der Waals surface area contributed by atoms with Gasteiger partial charge in [-0.15, -0.1) is 5.10 Å². The van der Waals surface area contributed by atoms with E-state index in [9.17, 15) is 0 Å². The van der Waals surface area contributed by atoms with E-state index in [1.807, 2.05) is 49.0 Å². The second kappa shape index (κ2) is 8.28. The minimum absolute atomic E-state index is 0.270. The van der Waals surface area contributed by atoms with Crippen LogP contribution >= 0.6 is 0 Å². The highest BCUT2D eigenvalue weighted by atomic mass is 16.8. The summed E-state index contributed by atoms with van der Waals surface area (Å²) in [5.74, 6) is -0.0545. The molecule has 2 aliphatic heterocycles. The molecule has 0 spiro atoms. The first-order valence-electron chi connectivity index (χ1n) is 11.5. The summed E-state index contributed by atoms with van der Waals surface area (Å²) in [7, 11) is 0. The van der Waals surface area contributed by atoms with E-state index in [0.717, 1.165) is 16.7 Å². The first-order chi connectivity index (χ1) is 16.4. The smallest absolute Gasteiger partial charge is 0.190 e. The maximum atomic E-state index is 6.33. The number of hydrogen-bond donors (Lipinski definition) is 1. The molecule has 2 saturated heterocycles. The largest absolute Gasteiger partial charge is 0.366 e. The van der Waals surface area contributed by atoms with Gasteiger partial charge < -0.3 is 23.9 Å². The molecule has 2 aromatic heterocycles. The highest BCUT2D eigenvalue weighted by Crippen LogP contribution is 2.44. The Kier molecular flexibility index (Phi) is 5.22. The van der Waals surface area contributed by atoms with Crippen LogP contribution in [0.25, 0.3) is 11.0 Å². The Morgan fingerprint density at radius 3 is 2.74 bits per heavy atom. The maximum absolute atomic E-state index is 6.33. The number of rotatable bonds is 6. The summed E-state index contributed by atoms with van der Waals surface area (Å²) < 4.78 is 26.5. The zero-order chi connectivity index (χ0) is 23.3. The number of hydrogen-bond acceptors (Lipinski definition) is 7. The molecule has 34 heavy (non-hydrogen) atoms. The summed E-state index contributed by atoms with van der Waals surface area (Å²) >= 11 is 0. The maximum Gasteiger partial charge on any atom is 0.190 e. The average Bonchev–Trinajstić information content (AvgIpc) is 3.56. The average molecular weight is 462 g/mol. The van der Waals surface area contributed by atoms with Crippen molar-refractivity contribution in [3.05, 3.63) is 77.4 Å². The topological polar surface area (TPSA) is 96.3 Å². The van der Waals surface area contributed by atoms with Crippen LogP contribution in [-0.4, -0.2) is 49.2 Å². The van der Waals surface area contributed by atoms with E-state index >= 15 is 0 Å². The Labute approximate surface area is 197 Å². The van der Waals surface area contributed by atoms with E-state index in [1.54, 1.807) is 0 Å². The van der Waals surface area contributed by atoms with Gasteiger partial charge in [0.15, 0.2) is 12.1 Å². The number of nitrogens with zero attached hydrogens (tertiary/aromatic N) is 4. The van der Waals surface area contributed by atoms with Crippen molar-refractivity contribution >= 4 is 11.0 Å². The molecule has 0 aliphatic carbocycles. The number of imidazole rings is 1. The lowest BCUT2D eigenvalue weighted by atomic mass is 10.1. The van der Waals surface area contributed by atoms with E-state index in [1.165, 1.54) is 11.1 Å². The molecule has 0 amide bonds. The van der Waals surface area contributed by atoms with E-state index < -0.39 is 24.3 Å². The van der Waals surface area contributed by atoms with Crippen LogP contribution in [0, 0.1) is 6.92 Å². The van der Waals surface area contributed by atoms with E-state index in [0.29, 0.717) is 12.4 Å². The molecule has 176 valence electrons. The van der Waals surface area contributed by atoms with Gasteiger partial charge in [0.1, 0.15) is 29.8 Å². The number of aryl methyl sites for hydroxylation is 1. The summed E-state index contributed by atoms with van der Waals surface area (Å²) in [5, 5.41) is 8.54. The van der Waals surface area contributed by atoms with Gasteiger partial charge in [-0.05, 0) is 38.5 Å². The molecule has 0 unspecified atom stereocenters. The van der Waals surface area contributed by atoms with Crippen molar-refractivity contribution < 1.29 is 18.9 Å². The summed E-state index contributed by atoms with van der Waals surface area (Å²) in [4.78, 5) is 8.07. The lowest BCUT2D eigenvalue weighted by Crippen LogP contribution is -2.34. The standard InChI is InChI=1S/C25H27N5O4/c1-15-8-10-16(11-9-15)12-30-13-17(28-29-30)14-31-20-21(32-24-22(20)33-25(2,3)34-24)23-26-18-6-4-5-7-19(18)27-23/h4-11,13,20-22,24H,12,14H2,1-3H3,(H,26,27)/t20-,21-,22+,24+/m0/s1. The lowest BCUT2D eigenvalue weighted by molar-refractivity contribution is -0.221.